The van der Waals surface area contributed by atoms with Crippen LogP contribution in [0, 0.1) is 11.3 Å². The summed E-state index contributed by atoms with van der Waals surface area (Å²) in [7, 11) is 0. The van der Waals surface area contributed by atoms with Crippen LogP contribution in [0.3, 0.4) is 0 Å². The van der Waals surface area contributed by atoms with Crippen LogP contribution in [0.15, 0.2) is 0 Å². The Morgan fingerprint density at radius 3 is 2.94 bits per heavy atom. The summed E-state index contributed by atoms with van der Waals surface area (Å²) >= 11 is 1.65. The molecule has 100 valence electrons. The van der Waals surface area contributed by atoms with Gasteiger partial charge in [0.1, 0.15) is 0 Å². The minimum Gasteiger partial charge on any atom is -0.370 e. The number of guanidine groups is 1. The first-order valence-corrected chi connectivity index (χ1v) is 7.33. The second kappa shape index (κ2) is 4.88. The lowest BCUT2D eigenvalue weighted by Crippen LogP contribution is -2.29. The van der Waals surface area contributed by atoms with Crippen LogP contribution in [0.1, 0.15) is 50.6 Å². The van der Waals surface area contributed by atoms with Gasteiger partial charge in [0.25, 0.3) is 0 Å². The smallest absolute Gasteiger partial charge is 0.192 e. The van der Waals surface area contributed by atoms with Crippen LogP contribution in [0.2, 0.25) is 0 Å². The predicted molar refractivity (Wildman–Crippen MR) is 77.4 cm³/mol. The van der Waals surface area contributed by atoms with Gasteiger partial charge >= 0.3 is 0 Å². The molecule has 0 spiro atoms. The highest BCUT2D eigenvalue weighted by Crippen LogP contribution is 2.44. The summed E-state index contributed by atoms with van der Waals surface area (Å²) in [6.07, 6.45) is 4.73. The molecule has 0 aliphatic heterocycles. The molecule has 0 fully saturated rings. The normalized spacial score (nSPS) is 22.9. The van der Waals surface area contributed by atoms with Gasteiger partial charge in [0, 0.05) is 10.3 Å². The SMILES string of the molecule is CC(C)C[C@@]1(C)CCCc2sc(NC(=N)N)nc21. The molecule has 2 rings (SSSR count). The van der Waals surface area contributed by atoms with Gasteiger partial charge in [-0.2, -0.15) is 0 Å². The fraction of sp³-hybridized carbons (Fsp3) is 0.692. The van der Waals surface area contributed by atoms with Crippen LogP contribution in [-0.4, -0.2) is 10.9 Å². The van der Waals surface area contributed by atoms with E-state index in [0.29, 0.717) is 5.92 Å². The van der Waals surface area contributed by atoms with Gasteiger partial charge in [-0.05, 0) is 31.6 Å². The maximum absolute atomic E-state index is 7.29. The second-order valence-corrected chi connectivity index (χ2v) is 6.93. The summed E-state index contributed by atoms with van der Waals surface area (Å²) < 4.78 is 0. The fourth-order valence-electron chi connectivity index (χ4n) is 3.02. The Balaban J connectivity index is 2.30. The number of hydrogen-bond acceptors (Lipinski definition) is 3. The van der Waals surface area contributed by atoms with Crippen molar-refractivity contribution in [2.45, 2.75) is 51.9 Å². The van der Waals surface area contributed by atoms with Gasteiger partial charge in [-0.1, -0.05) is 20.8 Å². The summed E-state index contributed by atoms with van der Waals surface area (Å²) in [5.74, 6) is 0.638. The number of fused-ring (bicyclic) bond motifs is 1. The Labute approximate surface area is 113 Å². The van der Waals surface area contributed by atoms with Crippen LogP contribution in [-0.2, 0) is 11.8 Å². The Kier molecular flexibility index (Phi) is 3.61. The number of aromatic nitrogens is 1. The van der Waals surface area contributed by atoms with Gasteiger partial charge in [0.05, 0.1) is 5.69 Å². The first-order chi connectivity index (χ1) is 8.40. The van der Waals surface area contributed by atoms with Crippen molar-refractivity contribution in [3.8, 4) is 0 Å². The van der Waals surface area contributed by atoms with E-state index >= 15 is 0 Å². The molecule has 18 heavy (non-hydrogen) atoms. The van der Waals surface area contributed by atoms with Crippen molar-refractivity contribution in [2.24, 2.45) is 11.7 Å². The Bertz CT molecular complexity index is 452. The summed E-state index contributed by atoms with van der Waals surface area (Å²) in [6.45, 7) is 6.85. The van der Waals surface area contributed by atoms with Crippen molar-refractivity contribution in [1.29, 1.82) is 5.41 Å². The molecule has 1 aliphatic carbocycles. The molecule has 0 unspecified atom stereocenters. The molecule has 1 aromatic rings. The van der Waals surface area contributed by atoms with E-state index in [0.717, 1.165) is 11.6 Å². The van der Waals surface area contributed by atoms with Gasteiger partial charge in [-0.25, -0.2) is 4.98 Å². The minimum absolute atomic E-state index is 0.0355. The number of nitrogens with two attached hydrogens (primary N) is 1. The zero-order chi connectivity index (χ0) is 13.3. The number of nitrogens with one attached hydrogen (secondary N) is 2. The lowest BCUT2D eigenvalue weighted by atomic mass is 9.72. The van der Waals surface area contributed by atoms with Crippen molar-refractivity contribution in [3.63, 3.8) is 0 Å². The summed E-state index contributed by atoms with van der Waals surface area (Å²) in [6, 6.07) is 0. The minimum atomic E-state index is -0.0355. The van der Waals surface area contributed by atoms with Gasteiger partial charge in [-0.15, -0.1) is 11.3 Å². The topological polar surface area (TPSA) is 74.8 Å². The largest absolute Gasteiger partial charge is 0.370 e. The highest BCUT2D eigenvalue weighted by molar-refractivity contribution is 7.15. The van der Waals surface area contributed by atoms with E-state index < -0.39 is 0 Å². The third-order valence-corrected chi connectivity index (χ3v) is 4.53. The zero-order valence-electron chi connectivity index (χ0n) is 11.3. The first-order valence-electron chi connectivity index (χ1n) is 6.52. The van der Waals surface area contributed by atoms with E-state index in [1.54, 1.807) is 11.3 Å². The van der Waals surface area contributed by atoms with Crippen LogP contribution < -0.4 is 11.1 Å². The molecule has 1 atom stereocenters. The highest BCUT2D eigenvalue weighted by atomic mass is 32.1. The van der Waals surface area contributed by atoms with Crippen LogP contribution >= 0.6 is 11.3 Å². The molecule has 4 N–H and O–H groups in total. The maximum Gasteiger partial charge on any atom is 0.192 e. The van der Waals surface area contributed by atoms with Crippen LogP contribution in [0.5, 0.6) is 0 Å². The molecule has 0 amide bonds. The molecule has 5 heteroatoms. The number of hydrogen-bond donors (Lipinski definition) is 3. The molecule has 1 aromatic heterocycles. The van der Waals surface area contributed by atoms with Crippen LogP contribution in [0.25, 0.3) is 0 Å². The van der Waals surface area contributed by atoms with E-state index in [4.69, 9.17) is 11.1 Å². The molecule has 4 nitrogen and oxygen atoms in total. The number of aryl methyl sites for hydroxylation is 1. The molecule has 0 bridgehead atoms. The summed E-state index contributed by atoms with van der Waals surface area (Å²) in [4.78, 5) is 6.05. The Hall–Kier alpha value is -1.10. The molecule has 0 saturated carbocycles. The van der Waals surface area contributed by atoms with E-state index in [1.165, 1.54) is 29.8 Å². The van der Waals surface area contributed by atoms with E-state index in [2.05, 4.69) is 31.1 Å². The highest BCUT2D eigenvalue weighted by Gasteiger charge is 2.35. The Morgan fingerprint density at radius 1 is 1.61 bits per heavy atom. The van der Waals surface area contributed by atoms with Crippen LogP contribution in [0.4, 0.5) is 5.13 Å². The average Bonchev–Trinajstić information content (AvgIpc) is 2.59. The van der Waals surface area contributed by atoms with E-state index in [9.17, 15) is 0 Å². The number of anilines is 1. The van der Waals surface area contributed by atoms with Gasteiger partial charge in [0.15, 0.2) is 11.1 Å². The number of rotatable bonds is 3. The van der Waals surface area contributed by atoms with Gasteiger partial charge in [0.2, 0.25) is 0 Å². The first kappa shape index (κ1) is 13.3. The number of nitrogens with zero attached hydrogens (tertiary/aromatic N) is 1. The molecule has 1 heterocycles. The fourth-order valence-corrected chi connectivity index (χ4v) is 4.19. The molecule has 0 aromatic carbocycles. The van der Waals surface area contributed by atoms with Crippen molar-refractivity contribution < 1.29 is 0 Å². The molecule has 1 aliphatic rings. The number of thiazole rings is 1. The molecular formula is C13H22N4S. The molecular weight excluding hydrogens is 244 g/mol. The average molecular weight is 266 g/mol. The summed E-state index contributed by atoms with van der Waals surface area (Å²) in [5.41, 5.74) is 6.79. The Morgan fingerprint density at radius 2 is 2.33 bits per heavy atom. The second-order valence-electron chi connectivity index (χ2n) is 5.84. The van der Waals surface area contributed by atoms with Crippen molar-refractivity contribution >= 4 is 22.4 Å². The van der Waals surface area contributed by atoms with Crippen molar-refractivity contribution in [2.75, 3.05) is 5.32 Å². The summed E-state index contributed by atoms with van der Waals surface area (Å²) in [5, 5.41) is 10.9. The molecule has 0 saturated heterocycles. The van der Waals surface area contributed by atoms with Gasteiger partial charge < -0.3 is 11.1 Å². The zero-order valence-corrected chi connectivity index (χ0v) is 12.2. The predicted octanol–water partition coefficient (Wildman–Crippen LogP) is 3.09. The third kappa shape index (κ3) is 2.66. The maximum atomic E-state index is 7.29. The van der Waals surface area contributed by atoms with E-state index in [1.807, 2.05) is 0 Å². The lowest BCUT2D eigenvalue weighted by molar-refractivity contribution is 0.315. The standard InChI is InChI=1S/C13H22N4S/c1-8(2)7-13(3)6-4-5-9-10(13)16-12(18-9)17-11(14)15/h8H,4-7H2,1-3H3,(H4,14,15,16,17)/t13-/m1/s1. The lowest BCUT2D eigenvalue weighted by Gasteiger charge is -2.34. The van der Waals surface area contributed by atoms with Gasteiger partial charge in [-0.3, -0.25) is 5.41 Å². The third-order valence-electron chi connectivity index (χ3n) is 3.50. The van der Waals surface area contributed by atoms with Crippen molar-refractivity contribution in [1.82, 2.24) is 4.98 Å². The molecule has 0 radical (unpaired) electrons. The van der Waals surface area contributed by atoms with E-state index in [-0.39, 0.29) is 11.4 Å². The van der Waals surface area contributed by atoms with Crippen molar-refractivity contribution in [3.05, 3.63) is 10.6 Å². The monoisotopic (exact) mass is 266 g/mol. The quantitative estimate of drug-likeness (QED) is 0.581.